The highest BCUT2D eigenvalue weighted by molar-refractivity contribution is 6.45. The van der Waals surface area contributed by atoms with Gasteiger partial charge in [0.25, 0.3) is 0 Å². The number of imidazole rings is 1. The van der Waals surface area contributed by atoms with Crippen molar-refractivity contribution in [1.29, 1.82) is 0 Å². The van der Waals surface area contributed by atoms with Crippen LogP contribution in [0.3, 0.4) is 0 Å². The fraction of sp³-hybridized carbons (Fsp3) is 0.286. The van der Waals surface area contributed by atoms with Gasteiger partial charge >= 0.3 is 0 Å². The lowest BCUT2D eigenvalue weighted by atomic mass is 10.0. The van der Waals surface area contributed by atoms with Crippen LogP contribution in [0.5, 0.6) is 0 Å². The Balaban J connectivity index is 1.61. The predicted octanol–water partition coefficient (Wildman–Crippen LogP) is 5.45. The van der Waals surface area contributed by atoms with E-state index in [0.717, 1.165) is 28.7 Å². The molecule has 27 heavy (non-hydrogen) atoms. The molecule has 4 aromatic rings. The van der Waals surface area contributed by atoms with Crippen molar-refractivity contribution in [2.45, 2.75) is 25.3 Å². The number of rotatable bonds is 3. The molecule has 0 amide bonds. The van der Waals surface area contributed by atoms with E-state index in [-0.39, 0.29) is 0 Å². The minimum atomic E-state index is 0.536. The zero-order chi connectivity index (χ0) is 18.5. The number of likely N-dealkylation sites (tertiary alicyclic amines) is 1. The summed E-state index contributed by atoms with van der Waals surface area (Å²) in [6, 6.07) is 10.7. The highest BCUT2D eigenvalue weighted by Crippen LogP contribution is 2.33. The third kappa shape index (κ3) is 2.83. The maximum atomic E-state index is 6.48. The molecule has 1 N–H and O–H groups in total. The zero-order valence-corrected chi connectivity index (χ0v) is 16.6. The van der Waals surface area contributed by atoms with E-state index in [1.807, 2.05) is 17.0 Å². The fourth-order valence-electron chi connectivity index (χ4n) is 4.21. The molecule has 0 saturated carbocycles. The van der Waals surface area contributed by atoms with Crippen molar-refractivity contribution in [2.24, 2.45) is 0 Å². The minimum absolute atomic E-state index is 0.536. The Morgan fingerprint density at radius 3 is 2.93 bits per heavy atom. The van der Waals surface area contributed by atoms with Crippen LogP contribution in [-0.4, -0.2) is 39.1 Å². The quantitative estimate of drug-likeness (QED) is 0.497. The third-order valence-electron chi connectivity index (χ3n) is 5.76. The molecule has 1 aliphatic rings. The van der Waals surface area contributed by atoms with Crippen molar-refractivity contribution in [3.05, 3.63) is 58.5 Å². The largest absolute Gasteiger partial charge is 0.361 e. The van der Waals surface area contributed by atoms with Gasteiger partial charge in [-0.3, -0.25) is 4.57 Å². The van der Waals surface area contributed by atoms with Gasteiger partial charge in [-0.25, -0.2) is 4.98 Å². The Hall–Kier alpha value is -2.01. The van der Waals surface area contributed by atoms with Crippen LogP contribution in [0.15, 0.2) is 42.9 Å². The standard InChI is InChI=1S/C21H20Cl2N4/c1-26-8-2-3-14(26)9-13-11-24-18-6-4-15(10-16(13)18)27-12-25-19-7-5-17(22)20(23)21(19)27/h4-7,10-12,14,24H,2-3,8-9H2,1H3. The van der Waals surface area contributed by atoms with Crippen molar-refractivity contribution in [1.82, 2.24) is 19.4 Å². The molecule has 1 aliphatic heterocycles. The summed E-state index contributed by atoms with van der Waals surface area (Å²) in [5.41, 5.74) is 5.24. The smallest absolute Gasteiger partial charge is 0.100 e. The number of halogens is 2. The van der Waals surface area contributed by atoms with E-state index in [0.29, 0.717) is 16.1 Å². The summed E-state index contributed by atoms with van der Waals surface area (Å²) in [6.07, 6.45) is 7.58. The van der Waals surface area contributed by atoms with Crippen LogP contribution in [0.4, 0.5) is 0 Å². The molecule has 138 valence electrons. The molecule has 1 atom stereocenters. The number of hydrogen-bond acceptors (Lipinski definition) is 2. The first-order chi connectivity index (χ1) is 13.1. The molecule has 3 heterocycles. The Morgan fingerprint density at radius 1 is 1.22 bits per heavy atom. The lowest BCUT2D eigenvalue weighted by Crippen LogP contribution is -2.26. The van der Waals surface area contributed by atoms with Crippen molar-refractivity contribution in [3.8, 4) is 5.69 Å². The summed E-state index contributed by atoms with van der Waals surface area (Å²) < 4.78 is 2.02. The second-order valence-corrected chi connectivity index (χ2v) is 8.15. The molecule has 0 radical (unpaired) electrons. The van der Waals surface area contributed by atoms with Gasteiger partial charge < -0.3 is 9.88 Å². The average Bonchev–Trinajstić information content (AvgIpc) is 3.38. The van der Waals surface area contributed by atoms with Crippen molar-refractivity contribution < 1.29 is 0 Å². The molecule has 2 aromatic carbocycles. The van der Waals surface area contributed by atoms with E-state index < -0.39 is 0 Å². The van der Waals surface area contributed by atoms with Gasteiger partial charge in [-0.15, -0.1) is 0 Å². The van der Waals surface area contributed by atoms with E-state index in [9.17, 15) is 0 Å². The van der Waals surface area contributed by atoms with Crippen molar-refractivity contribution in [3.63, 3.8) is 0 Å². The number of fused-ring (bicyclic) bond motifs is 2. The van der Waals surface area contributed by atoms with Gasteiger partial charge in [-0.2, -0.15) is 0 Å². The molecule has 0 aliphatic carbocycles. The highest BCUT2D eigenvalue weighted by atomic mass is 35.5. The molecular weight excluding hydrogens is 379 g/mol. The van der Waals surface area contributed by atoms with E-state index in [2.05, 4.69) is 46.3 Å². The van der Waals surface area contributed by atoms with Gasteiger partial charge in [0.2, 0.25) is 0 Å². The van der Waals surface area contributed by atoms with E-state index in [4.69, 9.17) is 23.2 Å². The van der Waals surface area contributed by atoms with Crippen LogP contribution < -0.4 is 0 Å². The fourth-order valence-corrected chi connectivity index (χ4v) is 4.62. The van der Waals surface area contributed by atoms with Crippen LogP contribution in [0, 0.1) is 0 Å². The zero-order valence-electron chi connectivity index (χ0n) is 15.0. The van der Waals surface area contributed by atoms with Crippen molar-refractivity contribution >= 4 is 45.1 Å². The van der Waals surface area contributed by atoms with Crippen LogP contribution in [0.1, 0.15) is 18.4 Å². The van der Waals surface area contributed by atoms with Gasteiger partial charge in [-0.05, 0) is 68.8 Å². The van der Waals surface area contributed by atoms with Gasteiger partial charge in [0.05, 0.1) is 21.1 Å². The first-order valence-corrected chi connectivity index (χ1v) is 9.99. The number of likely N-dealkylation sites (N-methyl/N-ethyl adjacent to an activating group) is 1. The average molecular weight is 399 g/mol. The van der Waals surface area contributed by atoms with Gasteiger partial charge in [0.15, 0.2) is 0 Å². The van der Waals surface area contributed by atoms with Crippen LogP contribution in [0.25, 0.3) is 27.6 Å². The number of H-pyrrole nitrogens is 1. The summed E-state index contributed by atoms with van der Waals surface area (Å²) in [4.78, 5) is 10.4. The summed E-state index contributed by atoms with van der Waals surface area (Å²) in [5.74, 6) is 0. The van der Waals surface area contributed by atoms with Crippen LogP contribution in [0.2, 0.25) is 10.0 Å². The molecule has 0 spiro atoms. The second-order valence-electron chi connectivity index (χ2n) is 7.37. The Morgan fingerprint density at radius 2 is 2.11 bits per heavy atom. The molecule has 1 fully saturated rings. The van der Waals surface area contributed by atoms with Gasteiger partial charge in [-0.1, -0.05) is 23.2 Å². The van der Waals surface area contributed by atoms with Gasteiger partial charge in [0.1, 0.15) is 6.33 Å². The summed E-state index contributed by atoms with van der Waals surface area (Å²) >= 11 is 12.7. The Bertz CT molecular complexity index is 1140. The van der Waals surface area contributed by atoms with Crippen LogP contribution >= 0.6 is 23.2 Å². The molecule has 1 saturated heterocycles. The summed E-state index contributed by atoms with van der Waals surface area (Å²) in [5, 5.41) is 2.33. The summed E-state index contributed by atoms with van der Waals surface area (Å²) in [6.45, 7) is 1.19. The lowest BCUT2D eigenvalue weighted by molar-refractivity contribution is 0.310. The Kier molecular flexibility index (Phi) is 4.15. The SMILES string of the molecule is CN1CCCC1Cc1c[nH]c2ccc(-n3cnc4ccc(Cl)c(Cl)c43)cc12. The molecule has 4 nitrogen and oxygen atoms in total. The highest BCUT2D eigenvalue weighted by Gasteiger charge is 2.22. The first kappa shape index (κ1) is 17.1. The number of aromatic nitrogens is 3. The number of nitrogens with zero attached hydrogens (tertiary/aromatic N) is 3. The molecule has 5 rings (SSSR count). The number of hydrogen-bond donors (Lipinski definition) is 1. The Labute approximate surface area is 167 Å². The van der Waals surface area contributed by atoms with E-state index in [1.165, 1.54) is 30.3 Å². The topological polar surface area (TPSA) is 36.9 Å². The first-order valence-electron chi connectivity index (χ1n) is 9.23. The summed E-state index contributed by atoms with van der Waals surface area (Å²) in [7, 11) is 2.22. The molecular formula is C21H20Cl2N4. The maximum absolute atomic E-state index is 6.48. The normalized spacial score (nSPS) is 18.1. The second kappa shape index (κ2) is 6.55. The molecule has 1 unspecified atom stereocenters. The number of nitrogens with one attached hydrogen (secondary N) is 1. The van der Waals surface area contributed by atoms with E-state index >= 15 is 0 Å². The number of benzene rings is 2. The van der Waals surface area contributed by atoms with Crippen molar-refractivity contribution in [2.75, 3.05) is 13.6 Å². The van der Waals surface area contributed by atoms with Crippen LogP contribution in [-0.2, 0) is 6.42 Å². The predicted molar refractivity (Wildman–Crippen MR) is 112 cm³/mol. The van der Waals surface area contributed by atoms with E-state index in [1.54, 1.807) is 6.07 Å². The molecule has 6 heteroatoms. The number of aromatic amines is 1. The molecule has 2 aromatic heterocycles. The molecule has 0 bridgehead atoms. The maximum Gasteiger partial charge on any atom is 0.100 e. The monoisotopic (exact) mass is 398 g/mol. The third-order valence-corrected chi connectivity index (χ3v) is 6.55. The van der Waals surface area contributed by atoms with Gasteiger partial charge in [0, 0.05) is 28.8 Å². The minimum Gasteiger partial charge on any atom is -0.361 e. The lowest BCUT2D eigenvalue weighted by Gasteiger charge is -2.18.